The summed E-state index contributed by atoms with van der Waals surface area (Å²) in [6, 6.07) is 9.72. The van der Waals surface area contributed by atoms with Crippen molar-refractivity contribution in [2.24, 2.45) is 0 Å². The molecule has 0 radical (unpaired) electrons. The molecule has 0 amide bonds. The van der Waals surface area contributed by atoms with Crippen LogP contribution in [0.1, 0.15) is 18.2 Å². The highest BCUT2D eigenvalue weighted by Crippen LogP contribution is 2.28. The Morgan fingerprint density at radius 2 is 2.00 bits per heavy atom. The Bertz CT molecular complexity index is 649. The zero-order chi connectivity index (χ0) is 12.6. The van der Waals surface area contributed by atoms with Gasteiger partial charge < -0.3 is 0 Å². The lowest BCUT2D eigenvalue weighted by atomic mass is 10.1. The van der Waals surface area contributed by atoms with Gasteiger partial charge in [0.25, 0.3) is 0 Å². The lowest BCUT2D eigenvalue weighted by molar-refractivity contribution is 0.600. The third-order valence-electron chi connectivity index (χ3n) is 3.21. The maximum atomic E-state index is 11.5. The van der Waals surface area contributed by atoms with E-state index in [2.05, 4.69) is 10.2 Å². The molecule has 1 saturated heterocycles. The molecule has 3 rings (SSSR count). The van der Waals surface area contributed by atoms with Crippen LogP contribution >= 0.6 is 0 Å². The zero-order valence-electron chi connectivity index (χ0n) is 9.73. The van der Waals surface area contributed by atoms with Gasteiger partial charge in [0.15, 0.2) is 9.84 Å². The van der Waals surface area contributed by atoms with Crippen LogP contribution in [0.5, 0.6) is 0 Å². The van der Waals surface area contributed by atoms with E-state index >= 15 is 0 Å². The first-order valence-electron chi connectivity index (χ1n) is 5.81. The SMILES string of the molecule is O=S1(=O)CCC(c2nncn2-c2ccccc2)C1. The van der Waals surface area contributed by atoms with Gasteiger partial charge in [0, 0.05) is 11.6 Å². The van der Waals surface area contributed by atoms with E-state index in [0.717, 1.165) is 11.5 Å². The molecule has 2 heterocycles. The van der Waals surface area contributed by atoms with Gasteiger partial charge in [0.2, 0.25) is 0 Å². The van der Waals surface area contributed by atoms with Gasteiger partial charge in [-0.2, -0.15) is 0 Å². The minimum absolute atomic E-state index is 0.0438. The molecule has 0 N–H and O–H groups in total. The molecule has 1 fully saturated rings. The molecule has 1 aromatic carbocycles. The molecule has 94 valence electrons. The minimum Gasteiger partial charge on any atom is -0.285 e. The number of aromatic nitrogens is 3. The fourth-order valence-electron chi connectivity index (χ4n) is 2.31. The van der Waals surface area contributed by atoms with Crippen molar-refractivity contribution in [2.45, 2.75) is 12.3 Å². The van der Waals surface area contributed by atoms with Crippen LogP contribution in [0.4, 0.5) is 0 Å². The second-order valence-electron chi connectivity index (χ2n) is 4.49. The van der Waals surface area contributed by atoms with Gasteiger partial charge in [-0.1, -0.05) is 18.2 Å². The van der Waals surface area contributed by atoms with E-state index in [4.69, 9.17) is 0 Å². The Balaban J connectivity index is 1.98. The van der Waals surface area contributed by atoms with Crippen LogP contribution in [-0.4, -0.2) is 34.7 Å². The largest absolute Gasteiger partial charge is 0.285 e. The monoisotopic (exact) mass is 263 g/mol. The maximum absolute atomic E-state index is 11.5. The molecule has 0 saturated carbocycles. The Hall–Kier alpha value is -1.69. The Labute approximate surface area is 105 Å². The van der Waals surface area contributed by atoms with E-state index in [1.54, 1.807) is 6.33 Å². The summed E-state index contributed by atoms with van der Waals surface area (Å²) in [6.45, 7) is 0. The summed E-state index contributed by atoms with van der Waals surface area (Å²) >= 11 is 0. The number of nitrogens with zero attached hydrogens (tertiary/aromatic N) is 3. The van der Waals surface area contributed by atoms with Crippen LogP contribution in [-0.2, 0) is 9.84 Å². The standard InChI is InChI=1S/C12H13N3O2S/c16-18(17)7-6-10(8-18)12-14-13-9-15(12)11-4-2-1-3-5-11/h1-5,9-10H,6-8H2. The lowest BCUT2D eigenvalue weighted by Gasteiger charge is -2.10. The van der Waals surface area contributed by atoms with Gasteiger partial charge in [-0.05, 0) is 18.6 Å². The number of rotatable bonds is 2. The highest BCUT2D eigenvalue weighted by atomic mass is 32.2. The highest BCUT2D eigenvalue weighted by Gasteiger charge is 2.32. The van der Waals surface area contributed by atoms with Crippen molar-refractivity contribution in [3.63, 3.8) is 0 Å². The van der Waals surface area contributed by atoms with Crippen molar-refractivity contribution < 1.29 is 8.42 Å². The summed E-state index contributed by atoms with van der Waals surface area (Å²) in [5.41, 5.74) is 0.960. The third-order valence-corrected chi connectivity index (χ3v) is 4.97. The molecule has 0 bridgehead atoms. The van der Waals surface area contributed by atoms with E-state index < -0.39 is 9.84 Å². The Morgan fingerprint density at radius 1 is 1.22 bits per heavy atom. The van der Waals surface area contributed by atoms with Crippen LogP contribution in [0.3, 0.4) is 0 Å². The molecule has 1 unspecified atom stereocenters. The van der Waals surface area contributed by atoms with Crippen molar-refractivity contribution in [2.75, 3.05) is 11.5 Å². The summed E-state index contributed by atoms with van der Waals surface area (Å²) in [6.07, 6.45) is 2.27. The van der Waals surface area contributed by atoms with Gasteiger partial charge in [-0.3, -0.25) is 4.57 Å². The van der Waals surface area contributed by atoms with E-state index in [1.165, 1.54) is 0 Å². The van der Waals surface area contributed by atoms with Crippen LogP contribution < -0.4 is 0 Å². The average Bonchev–Trinajstić information content (AvgIpc) is 2.96. The number of hydrogen-bond donors (Lipinski definition) is 0. The summed E-state index contributed by atoms with van der Waals surface area (Å²) in [5.74, 6) is 1.12. The smallest absolute Gasteiger partial charge is 0.151 e. The van der Waals surface area contributed by atoms with Gasteiger partial charge >= 0.3 is 0 Å². The predicted molar refractivity (Wildman–Crippen MR) is 67.4 cm³/mol. The van der Waals surface area contributed by atoms with E-state index in [0.29, 0.717) is 6.42 Å². The van der Waals surface area contributed by atoms with Crippen LogP contribution in [0.15, 0.2) is 36.7 Å². The lowest BCUT2D eigenvalue weighted by Crippen LogP contribution is -2.09. The van der Waals surface area contributed by atoms with Crippen molar-refractivity contribution >= 4 is 9.84 Å². The molecule has 0 spiro atoms. The molecular weight excluding hydrogens is 250 g/mol. The molecular formula is C12H13N3O2S. The van der Waals surface area contributed by atoms with Gasteiger partial charge in [-0.15, -0.1) is 10.2 Å². The first-order chi connectivity index (χ1) is 8.66. The number of hydrogen-bond acceptors (Lipinski definition) is 4. The Kier molecular flexibility index (Phi) is 2.66. The van der Waals surface area contributed by atoms with Crippen LogP contribution in [0.25, 0.3) is 5.69 Å². The topological polar surface area (TPSA) is 64.8 Å². The Morgan fingerprint density at radius 3 is 2.67 bits per heavy atom. The average molecular weight is 263 g/mol. The molecule has 2 aromatic rings. The first-order valence-corrected chi connectivity index (χ1v) is 7.64. The number of benzene rings is 1. The fourth-order valence-corrected chi connectivity index (χ4v) is 4.05. The van der Waals surface area contributed by atoms with Crippen LogP contribution in [0, 0.1) is 0 Å². The molecule has 1 aliphatic rings. The van der Waals surface area contributed by atoms with E-state index in [1.807, 2.05) is 34.9 Å². The zero-order valence-corrected chi connectivity index (χ0v) is 10.5. The summed E-state index contributed by atoms with van der Waals surface area (Å²) in [7, 11) is -2.90. The van der Waals surface area contributed by atoms with E-state index in [9.17, 15) is 8.42 Å². The highest BCUT2D eigenvalue weighted by molar-refractivity contribution is 7.91. The molecule has 1 atom stereocenters. The minimum atomic E-state index is -2.90. The maximum Gasteiger partial charge on any atom is 0.151 e. The van der Waals surface area contributed by atoms with Crippen molar-refractivity contribution in [3.8, 4) is 5.69 Å². The van der Waals surface area contributed by atoms with Gasteiger partial charge in [0.1, 0.15) is 12.2 Å². The first kappa shape index (κ1) is 11.4. The molecule has 0 aliphatic carbocycles. The van der Waals surface area contributed by atoms with Crippen molar-refractivity contribution in [1.29, 1.82) is 0 Å². The predicted octanol–water partition coefficient (Wildman–Crippen LogP) is 1.17. The fraction of sp³-hybridized carbons (Fsp3) is 0.333. The summed E-state index contributed by atoms with van der Waals surface area (Å²) in [5, 5.41) is 8.00. The summed E-state index contributed by atoms with van der Waals surface area (Å²) in [4.78, 5) is 0. The molecule has 5 nitrogen and oxygen atoms in total. The van der Waals surface area contributed by atoms with Crippen molar-refractivity contribution in [1.82, 2.24) is 14.8 Å². The number of para-hydroxylation sites is 1. The molecule has 1 aliphatic heterocycles. The van der Waals surface area contributed by atoms with Crippen molar-refractivity contribution in [3.05, 3.63) is 42.5 Å². The molecule has 6 heteroatoms. The van der Waals surface area contributed by atoms with Gasteiger partial charge in [0.05, 0.1) is 11.5 Å². The second kappa shape index (κ2) is 4.20. The molecule has 1 aromatic heterocycles. The second-order valence-corrected chi connectivity index (χ2v) is 6.72. The normalized spacial score (nSPS) is 22.1. The van der Waals surface area contributed by atoms with Crippen LogP contribution in [0.2, 0.25) is 0 Å². The third kappa shape index (κ3) is 2.03. The number of sulfone groups is 1. The molecule has 18 heavy (non-hydrogen) atoms. The quantitative estimate of drug-likeness (QED) is 0.816. The van der Waals surface area contributed by atoms with Gasteiger partial charge in [-0.25, -0.2) is 8.42 Å². The van der Waals surface area contributed by atoms with E-state index in [-0.39, 0.29) is 17.4 Å². The summed E-state index contributed by atoms with van der Waals surface area (Å²) < 4.78 is 24.9.